The summed E-state index contributed by atoms with van der Waals surface area (Å²) in [5, 5.41) is 2.79. The van der Waals surface area contributed by atoms with Gasteiger partial charge >= 0.3 is 0 Å². The molecule has 1 fully saturated rings. The second-order valence-corrected chi connectivity index (χ2v) is 9.83. The second-order valence-electron chi connectivity index (χ2n) is 7.55. The quantitative estimate of drug-likeness (QED) is 0.784. The van der Waals surface area contributed by atoms with Gasteiger partial charge in [-0.05, 0) is 56.3 Å². The Morgan fingerprint density at radius 3 is 2.28 bits per heavy atom. The molecule has 0 spiro atoms. The Morgan fingerprint density at radius 2 is 1.69 bits per heavy atom. The van der Waals surface area contributed by atoms with Gasteiger partial charge in [0.2, 0.25) is 0 Å². The zero-order valence-corrected chi connectivity index (χ0v) is 18.1. The fourth-order valence-corrected chi connectivity index (χ4v) is 4.38. The lowest BCUT2D eigenvalue weighted by Gasteiger charge is -2.38. The fourth-order valence-electron chi connectivity index (χ4n) is 3.46. The first-order valence-corrected chi connectivity index (χ1v) is 11.7. The molecule has 0 saturated carbocycles. The van der Waals surface area contributed by atoms with Crippen LogP contribution in [-0.2, 0) is 9.84 Å². The van der Waals surface area contributed by atoms with Crippen molar-refractivity contribution in [2.75, 3.05) is 42.1 Å². The first-order valence-electron chi connectivity index (χ1n) is 10.0. The molecule has 1 aliphatic rings. The highest BCUT2D eigenvalue weighted by Gasteiger charge is 2.19. The van der Waals surface area contributed by atoms with Crippen LogP contribution in [0.4, 0.5) is 11.4 Å². The SMILES string of the molecule is CCS(=O)(=O)c1cccc(NC(=O)c2ccc(N3CCN(C(C)C)CC3)cc2)c1. The summed E-state index contributed by atoms with van der Waals surface area (Å²) in [7, 11) is -3.31. The molecule has 1 N–H and O–H groups in total. The first kappa shape index (κ1) is 21.3. The number of amides is 1. The van der Waals surface area contributed by atoms with Crippen molar-refractivity contribution in [1.82, 2.24) is 4.90 Å². The zero-order chi connectivity index (χ0) is 21.0. The first-order chi connectivity index (χ1) is 13.8. The molecule has 0 unspecified atom stereocenters. The van der Waals surface area contributed by atoms with Crippen LogP contribution in [0.1, 0.15) is 31.1 Å². The minimum absolute atomic E-state index is 0.0251. The Kier molecular flexibility index (Phi) is 6.59. The van der Waals surface area contributed by atoms with Gasteiger partial charge in [0.05, 0.1) is 10.6 Å². The molecule has 2 aromatic rings. The van der Waals surface area contributed by atoms with Gasteiger partial charge in [0.15, 0.2) is 9.84 Å². The number of carbonyl (C=O) groups is 1. The van der Waals surface area contributed by atoms with E-state index in [1.165, 1.54) is 6.07 Å². The van der Waals surface area contributed by atoms with Gasteiger partial charge in [-0.25, -0.2) is 8.42 Å². The van der Waals surface area contributed by atoms with Gasteiger partial charge in [-0.1, -0.05) is 13.0 Å². The third kappa shape index (κ3) is 5.16. The predicted molar refractivity (Wildman–Crippen MR) is 117 cm³/mol. The number of anilines is 2. The molecule has 0 aromatic heterocycles. The Hall–Kier alpha value is -2.38. The molecule has 6 nitrogen and oxygen atoms in total. The molecule has 7 heteroatoms. The predicted octanol–water partition coefficient (Wildman–Crippen LogP) is 3.26. The minimum Gasteiger partial charge on any atom is -0.369 e. The van der Waals surface area contributed by atoms with E-state index < -0.39 is 9.84 Å². The summed E-state index contributed by atoms with van der Waals surface area (Å²) in [5.41, 5.74) is 2.12. The number of hydrogen-bond acceptors (Lipinski definition) is 5. The van der Waals surface area contributed by atoms with Gasteiger partial charge in [0, 0.05) is 49.2 Å². The van der Waals surface area contributed by atoms with Crippen LogP contribution in [0.2, 0.25) is 0 Å². The molecule has 1 aliphatic heterocycles. The summed E-state index contributed by atoms with van der Waals surface area (Å²) < 4.78 is 24.1. The highest BCUT2D eigenvalue weighted by atomic mass is 32.2. The fraction of sp³-hybridized carbons (Fsp3) is 0.409. The molecular weight excluding hydrogens is 386 g/mol. The third-order valence-corrected chi connectivity index (χ3v) is 7.10. The molecule has 3 rings (SSSR count). The van der Waals surface area contributed by atoms with Crippen molar-refractivity contribution in [1.29, 1.82) is 0 Å². The van der Waals surface area contributed by atoms with Crippen molar-refractivity contribution in [3.05, 3.63) is 54.1 Å². The Morgan fingerprint density at radius 1 is 1.03 bits per heavy atom. The smallest absolute Gasteiger partial charge is 0.255 e. The summed E-state index contributed by atoms with van der Waals surface area (Å²) in [6.07, 6.45) is 0. The average molecular weight is 416 g/mol. The molecule has 0 radical (unpaired) electrons. The molecular formula is C22H29N3O3S. The normalized spacial score (nSPS) is 15.5. The van der Waals surface area contributed by atoms with E-state index in [2.05, 4.69) is 29.0 Å². The standard InChI is InChI=1S/C22H29N3O3S/c1-4-29(27,28)21-7-5-6-19(16-21)23-22(26)18-8-10-20(11-9-18)25-14-12-24(13-15-25)17(2)3/h5-11,16-17H,4,12-15H2,1-3H3,(H,23,26). The summed E-state index contributed by atoms with van der Waals surface area (Å²) >= 11 is 0. The molecule has 29 heavy (non-hydrogen) atoms. The summed E-state index contributed by atoms with van der Waals surface area (Å²) in [5.74, 6) is -0.232. The maximum Gasteiger partial charge on any atom is 0.255 e. The van der Waals surface area contributed by atoms with Crippen LogP contribution >= 0.6 is 0 Å². The number of rotatable bonds is 6. The number of benzene rings is 2. The monoisotopic (exact) mass is 415 g/mol. The van der Waals surface area contributed by atoms with E-state index in [0.717, 1.165) is 31.9 Å². The maximum atomic E-state index is 12.6. The molecule has 156 valence electrons. The van der Waals surface area contributed by atoms with E-state index in [0.29, 0.717) is 17.3 Å². The number of hydrogen-bond donors (Lipinski definition) is 1. The Labute approximate surface area is 173 Å². The van der Waals surface area contributed by atoms with Crippen LogP contribution in [0.25, 0.3) is 0 Å². The van der Waals surface area contributed by atoms with Crippen LogP contribution in [-0.4, -0.2) is 57.2 Å². The minimum atomic E-state index is -3.31. The molecule has 0 atom stereocenters. The van der Waals surface area contributed by atoms with Crippen LogP contribution in [0, 0.1) is 0 Å². The highest BCUT2D eigenvalue weighted by Crippen LogP contribution is 2.20. The van der Waals surface area contributed by atoms with Crippen molar-refractivity contribution in [3.63, 3.8) is 0 Å². The summed E-state index contributed by atoms with van der Waals surface area (Å²) in [6, 6.07) is 14.5. The summed E-state index contributed by atoms with van der Waals surface area (Å²) in [6.45, 7) is 10.1. The van der Waals surface area contributed by atoms with Crippen molar-refractivity contribution in [2.45, 2.75) is 31.7 Å². The van der Waals surface area contributed by atoms with Gasteiger partial charge in [-0.3, -0.25) is 9.69 Å². The zero-order valence-electron chi connectivity index (χ0n) is 17.3. The molecule has 1 amide bonds. The Balaban J connectivity index is 1.65. The molecule has 0 aliphatic carbocycles. The lowest BCUT2D eigenvalue weighted by atomic mass is 10.1. The van der Waals surface area contributed by atoms with Crippen LogP contribution in [0.15, 0.2) is 53.4 Å². The van der Waals surface area contributed by atoms with E-state index in [1.54, 1.807) is 25.1 Å². The molecule has 1 saturated heterocycles. The molecule has 2 aromatic carbocycles. The molecule has 1 heterocycles. The van der Waals surface area contributed by atoms with Gasteiger partial charge in [0.25, 0.3) is 5.91 Å². The third-order valence-electron chi connectivity index (χ3n) is 5.37. The summed E-state index contributed by atoms with van der Waals surface area (Å²) in [4.78, 5) is 17.6. The van der Waals surface area contributed by atoms with E-state index in [1.807, 2.05) is 24.3 Å². The van der Waals surface area contributed by atoms with Gasteiger partial charge in [0.1, 0.15) is 0 Å². The number of nitrogens with one attached hydrogen (secondary N) is 1. The maximum absolute atomic E-state index is 12.6. The van der Waals surface area contributed by atoms with Crippen molar-refractivity contribution in [2.24, 2.45) is 0 Å². The van der Waals surface area contributed by atoms with Crippen LogP contribution in [0.5, 0.6) is 0 Å². The van der Waals surface area contributed by atoms with Crippen molar-refractivity contribution < 1.29 is 13.2 Å². The topological polar surface area (TPSA) is 69.7 Å². The molecule has 0 bridgehead atoms. The van der Waals surface area contributed by atoms with Crippen molar-refractivity contribution >= 4 is 27.1 Å². The van der Waals surface area contributed by atoms with Crippen molar-refractivity contribution in [3.8, 4) is 0 Å². The average Bonchev–Trinajstić information content (AvgIpc) is 2.74. The number of sulfone groups is 1. The van der Waals surface area contributed by atoms with E-state index in [-0.39, 0.29) is 16.6 Å². The van der Waals surface area contributed by atoms with Crippen LogP contribution in [0.3, 0.4) is 0 Å². The van der Waals surface area contributed by atoms with E-state index in [9.17, 15) is 13.2 Å². The van der Waals surface area contributed by atoms with Gasteiger partial charge in [-0.15, -0.1) is 0 Å². The highest BCUT2D eigenvalue weighted by molar-refractivity contribution is 7.91. The lowest BCUT2D eigenvalue weighted by molar-refractivity contribution is 0.102. The van der Waals surface area contributed by atoms with Gasteiger partial charge in [-0.2, -0.15) is 0 Å². The van der Waals surface area contributed by atoms with E-state index in [4.69, 9.17) is 0 Å². The van der Waals surface area contributed by atoms with E-state index >= 15 is 0 Å². The number of nitrogens with zero attached hydrogens (tertiary/aromatic N) is 2. The second kappa shape index (κ2) is 8.97. The Bertz CT molecular complexity index is 948. The lowest BCUT2D eigenvalue weighted by Crippen LogP contribution is -2.48. The number of piperazine rings is 1. The van der Waals surface area contributed by atoms with Crippen LogP contribution < -0.4 is 10.2 Å². The largest absolute Gasteiger partial charge is 0.369 e. The van der Waals surface area contributed by atoms with Gasteiger partial charge < -0.3 is 10.2 Å². The number of carbonyl (C=O) groups excluding carboxylic acids is 1.